The number of hydrogen-bond acceptors (Lipinski definition) is 3. The molecule has 0 aromatic heterocycles. The van der Waals surface area contributed by atoms with Crippen LogP contribution in [0.4, 0.5) is 0 Å². The van der Waals surface area contributed by atoms with E-state index in [-0.39, 0.29) is 24.4 Å². The zero-order valence-corrected chi connectivity index (χ0v) is 11.8. The predicted molar refractivity (Wildman–Crippen MR) is 76.1 cm³/mol. The Balaban J connectivity index is 0.00000289. The van der Waals surface area contributed by atoms with Gasteiger partial charge in [-0.1, -0.05) is 38.3 Å². The number of hydrogen-bond donors (Lipinski definition) is 1. The molecule has 18 heavy (non-hydrogen) atoms. The minimum Gasteiger partial charge on any atom is -0.465 e. The van der Waals surface area contributed by atoms with Gasteiger partial charge in [0.2, 0.25) is 0 Å². The average Bonchev–Trinajstić information content (AvgIpc) is 2.38. The first kappa shape index (κ1) is 16.9. The SMILES string of the molecule is CCCCC[C@@H](N)c1cccc(C(=O)OC)c1.Cl. The molecule has 0 aliphatic heterocycles. The summed E-state index contributed by atoms with van der Waals surface area (Å²) in [7, 11) is 1.39. The maximum Gasteiger partial charge on any atom is 0.337 e. The van der Waals surface area contributed by atoms with Gasteiger partial charge in [0.25, 0.3) is 0 Å². The molecule has 1 rings (SSSR count). The van der Waals surface area contributed by atoms with Gasteiger partial charge in [-0.05, 0) is 24.1 Å². The Bertz CT molecular complexity index is 369. The number of carbonyl (C=O) groups is 1. The summed E-state index contributed by atoms with van der Waals surface area (Å²) in [6.45, 7) is 2.17. The van der Waals surface area contributed by atoms with E-state index in [1.165, 1.54) is 20.0 Å². The molecular weight excluding hydrogens is 250 g/mol. The van der Waals surface area contributed by atoms with E-state index in [0.717, 1.165) is 18.4 Å². The minimum atomic E-state index is -0.312. The van der Waals surface area contributed by atoms with E-state index in [9.17, 15) is 4.79 Å². The Morgan fingerprint density at radius 2 is 2.11 bits per heavy atom. The van der Waals surface area contributed by atoms with Crippen LogP contribution in [0.5, 0.6) is 0 Å². The molecule has 0 aliphatic rings. The van der Waals surface area contributed by atoms with E-state index >= 15 is 0 Å². The maximum absolute atomic E-state index is 11.4. The van der Waals surface area contributed by atoms with Crippen LogP contribution in [-0.2, 0) is 4.74 Å². The van der Waals surface area contributed by atoms with Crippen molar-refractivity contribution < 1.29 is 9.53 Å². The Morgan fingerprint density at radius 3 is 2.72 bits per heavy atom. The van der Waals surface area contributed by atoms with Gasteiger partial charge in [-0.2, -0.15) is 0 Å². The van der Waals surface area contributed by atoms with Gasteiger partial charge < -0.3 is 10.5 Å². The van der Waals surface area contributed by atoms with Crippen molar-refractivity contribution in [3.05, 3.63) is 35.4 Å². The molecule has 0 unspecified atom stereocenters. The van der Waals surface area contributed by atoms with E-state index in [4.69, 9.17) is 5.73 Å². The molecule has 0 saturated carbocycles. The summed E-state index contributed by atoms with van der Waals surface area (Å²) >= 11 is 0. The van der Waals surface area contributed by atoms with E-state index in [1.807, 2.05) is 18.2 Å². The lowest BCUT2D eigenvalue weighted by molar-refractivity contribution is 0.0600. The van der Waals surface area contributed by atoms with Crippen molar-refractivity contribution in [1.82, 2.24) is 0 Å². The molecule has 3 nitrogen and oxygen atoms in total. The zero-order valence-electron chi connectivity index (χ0n) is 11.0. The molecule has 1 aromatic carbocycles. The fourth-order valence-corrected chi connectivity index (χ4v) is 1.80. The highest BCUT2D eigenvalue weighted by Crippen LogP contribution is 2.18. The van der Waals surface area contributed by atoms with Crippen molar-refractivity contribution in [2.75, 3.05) is 7.11 Å². The van der Waals surface area contributed by atoms with Crippen LogP contribution in [0.15, 0.2) is 24.3 Å². The molecule has 0 bridgehead atoms. The van der Waals surface area contributed by atoms with Crippen molar-refractivity contribution in [3.63, 3.8) is 0 Å². The Kier molecular flexibility index (Phi) is 8.42. The summed E-state index contributed by atoms with van der Waals surface area (Å²) in [6, 6.07) is 7.38. The fourth-order valence-electron chi connectivity index (χ4n) is 1.80. The molecule has 0 aliphatic carbocycles. The first-order valence-corrected chi connectivity index (χ1v) is 6.13. The summed E-state index contributed by atoms with van der Waals surface area (Å²) in [4.78, 5) is 11.4. The van der Waals surface area contributed by atoms with E-state index < -0.39 is 0 Å². The van der Waals surface area contributed by atoms with Crippen LogP contribution in [0.2, 0.25) is 0 Å². The molecule has 2 N–H and O–H groups in total. The van der Waals surface area contributed by atoms with Crippen LogP contribution >= 0.6 is 12.4 Å². The third-order valence-corrected chi connectivity index (χ3v) is 2.85. The number of nitrogens with two attached hydrogens (primary N) is 1. The highest BCUT2D eigenvalue weighted by Gasteiger charge is 2.10. The van der Waals surface area contributed by atoms with Crippen LogP contribution in [0.1, 0.15) is 54.6 Å². The number of unbranched alkanes of at least 4 members (excludes halogenated alkanes) is 2. The Labute approximate surface area is 115 Å². The average molecular weight is 272 g/mol. The first-order chi connectivity index (χ1) is 8.19. The van der Waals surface area contributed by atoms with Crippen molar-refractivity contribution in [2.45, 2.75) is 38.6 Å². The summed E-state index contributed by atoms with van der Waals surface area (Å²) in [5, 5.41) is 0. The summed E-state index contributed by atoms with van der Waals surface area (Å²) in [5.74, 6) is -0.312. The minimum absolute atomic E-state index is 0. The summed E-state index contributed by atoms with van der Waals surface area (Å²) in [6.07, 6.45) is 4.47. The Hall–Kier alpha value is -1.06. The molecule has 0 spiro atoms. The van der Waals surface area contributed by atoms with Crippen molar-refractivity contribution >= 4 is 18.4 Å². The van der Waals surface area contributed by atoms with Crippen LogP contribution in [0, 0.1) is 0 Å². The van der Waals surface area contributed by atoms with Crippen LogP contribution in [0.25, 0.3) is 0 Å². The van der Waals surface area contributed by atoms with Crippen LogP contribution in [0.3, 0.4) is 0 Å². The number of halogens is 1. The largest absolute Gasteiger partial charge is 0.465 e. The van der Waals surface area contributed by atoms with Crippen LogP contribution in [-0.4, -0.2) is 13.1 Å². The number of rotatable bonds is 6. The molecule has 0 amide bonds. The normalized spacial score (nSPS) is 11.5. The third kappa shape index (κ3) is 5.07. The van der Waals surface area contributed by atoms with Crippen LogP contribution < -0.4 is 5.73 Å². The van der Waals surface area contributed by atoms with Crippen molar-refractivity contribution in [2.24, 2.45) is 5.73 Å². The lowest BCUT2D eigenvalue weighted by Crippen LogP contribution is -2.11. The van der Waals surface area contributed by atoms with Gasteiger partial charge in [-0.15, -0.1) is 12.4 Å². The smallest absolute Gasteiger partial charge is 0.337 e. The van der Waals surface area contributed by atoms with Gasteiger partial charge in [-0.25, -0.2) is 4.79 Å². The quantitative estimate of drug-likeness (QED) is 0.637. The van der Waals surface area contributed by atoms with Crippen molar-refractivity contribution in [3.8, 4) is 0 Å². The van der Waals surface area contributed by atoms with E-state index in [0.29, 0.717) is 5.56 Å². The lowest BCUT2D eigenvalue weighted by atomic mass is 9.99. The molecule has 0 heterocycles. The molecule has 0 saturated heterocycles. The van der Waals surface area contributed by atoms with Gasteiger partial charge in [0, 0.05) is 6.04 Å². The molecule has 1 aromatic rings. The molecule has 102 valence electrons. The number of esters is 1. The third-order valence-electron chi connectivity index (χ3n) is 2.85. The molecule has 0 fully saturated rings. The van der Waals surface area contributed by atoms with E-state index in [1.54, 1.807) is 6.07 Å². The number of carbonyl (C=O) groups excluding carboxylic acids is 1. The second-order valence-corrected chi connectivity index (χ2v) is 4.22. The monoisotopic (exact) mass is 271 g/mol. The number of ether oxygens (including phenoxy) is 1. The fraction of sp³-hybridized carbons (Fsp3) is 0.500. The van der Waals surface area contributed by atoms with E-state index in [2.05, 4.69) is 11.7 Å². The van der Waals surface area contributed by atoms with Gasteiger partial charge in [0.1, 0.15) is 0 Å². The predicted octanol–water partition coefficient (Wildman–Crippen LogP) is 3.48. The Morgan fingerprint density at radius 1 is 1.39 bits per heavy atom. The summed E-state index contributed by atoms with van der Waals surface area (Å²) in [5.41, 5.74) is 7.66. The zero-order chi connectivity index (χ0) is 12.7. The lowest BCUT2D eigenvalue weighted by Gasteiger charge is -2.12. The van der Waals surface area contributed by atoms with Gasteiger partial charge in [-0.3, -0.25) is 0 Å². The highest BCUT2D eigenvalue weighted by atomic mass is 35.5. The number of methoxy groups -OCH3 is 1. The van der Waals surface area contributed by atoms with Gasteiger partial charge in [0.05, 0.1) is 12.7 Å². The summed E-state index contributed by atoms with van der Waals surface area (Å²) < 4.78 is 4.69. The molecule has 4 heteroatoms. The molecular formula is C14H22ClNO2. The maximum atomic E-state index is 11.4. The number of benzene rings is 1. The molecule has 1 atom stereocenters. The second-order valence-electron chi connectivity index (χ2n) is 4.22. The first-order valence-electron chi connectivity index (χ1n) is 6.13. The standard InChI is InChI=1S/C14H21NO2.ClH/c1-3-4-5-9-13(15)11-7-6-8-12(10-11)14(16)17-2;/h6-8,10,13H,3-5,9,15H2,1-2H3;1H/t13-;/m1./s1. The second kappa shape index (κ2) is 8.95. The molecule has 0 radical (unpaired) electrons. The highest BCUT2D eigenvalue weighted by molar-refractivity contribution is 5.89. The topological polar surface area (TPSA) is 52.3 Å². The van der Waals surface area contributed by atoms with Gasteiger partial charge >= 0.3 is 5.97 Å². The van der Waals surface area contributed by atoms with Gasteiger partial charge in [0.15, 0.2) is 0 Å². The van der Waals surface area contributed by atoms with Crippen molar-refractivity contribution in [1.29, 1.82) is 0 Å².